The van der Waals surface area contributed by atoms with Gasteiger partial charge >= 0.3 is 12.1 Å². The fourth-order valence-corrected chi connectivity index (χ4v) is 5.72. The standard InChI is InChI=1S/C22H22N4O3S2.C2HF3O2/c27-31(28,25-22-24-11-14-30-22)17-5-6-20-21(15-17)29-13-12-26(20)19-4-2-1-3-18(19)16-7-9-23-10-8-16;3-2(4,5)1(6)7/h1-7,11,14-15,23H,8-10,12-13H2,(H,24,25);(H,6,7). The van der Waals surface area contributed by atoms with E-state index in [9.17, 15) is 21.6 Å². The Hall–Kier alpha value is -3.62. The lowest BCUT2D eigenvalue weighted by Crippen LogP contribution is -2.30. The molecule has 0 atom stereocenters. The van der Waals surface area contributed by atoms with Gasteiger partial charge in [-0.1, -0.05) is 24.3 Å². The summed E-state index contributed by atoms with van der Waals surface area (Å²) in [5, 5.41) is 12.5. The first-order valence-corrected chi connectivity index (χ1v) is 13.7. The number of rotatable bonds is 5. The van der Waals surface area contributed by atoms with Gasteiger partial charge in [-0.25, -0.2) is 18.2 Å². The Balaban J connectivity index is 0.000000426. The number of alkyl halides is 3. The number of carboxylic acids is 1. The third kappa shape index (κ3) is 6.44. The smallest absolute Gasteiger partial charge is 0.489 e. The third-order valence-electron chi connectivity index (χ3n) is 5.61. The predicted octanol–water partition coefficient (Wildman–Crippen LogP) is 4.48. The number of sulfonamides is 1. The van der Waals surface area contributed by atoms with E-state index in [2.05, 4.69) is 44.2 Å². The van der Waals surface area contributed by atoms with E-state index in [0.29, 0.717) is 24.0 Å². The van der Waals surface area contributed by atoms with E-state index in [4.69, 9.17) is 14.6 Å². The Morgan fingerprint density at radius 3 is 2.61 bits per heavy atom. The lowest BCUT2D eigenvalue weighted by atomic mass is 9.97. The molecule has 1 aromatic heterocycles. The second-order valence-corrected chi connectivity index (χ2v) is 10.7. The number of carboxylic acid groups (broad SMARTS) is 1. The number of anilines is 3. The zero-order valence-electron chi connectivity index (χ0n) is 19.7. The van der Waals surface area contributed by atoms with Crippen LogP contribution in [0.2, 0.25) is 0 Å². The first kappa shape index (κ1) is 27.4. The molecule has 14 heteroatoms. The second kappa shape index (κ2) is 11.4. The average molecular weight is 569 g/mol. The molecule has 0 amide bonds. The highest BCUT2D eigenvalue weighted by atomic mass is 32.2. The summed E-state index contributed by atoms with van der Waals surface area (Å²) in [6, 6.07) is 13.4. The van der Waals surface area contributed by atoms with Crippen molar-refractivity contribution in [3.8, 4) is 5.75 Å². The first-order chi connectivity index (χ1) is 18.1. The molecule has 0 radical (unpaired) electrons. The fourth-order valence-electron chi connectivity index (χ4n) is 3.91. The molecule has 2 aromatic carbocycles. The molecule has 0 saturated carbocycles. The van der Waals surface area contributed by atoms with Crippen molar-refractivity contribution >= 4 is 49.4 Å². The van der Waals surface area contributed by atoms with Crippen molar-refractivity contribution in [1.82, 2.24) is 10.3 Å². The number of halogens is 3. The molecule has 5 rings (SSSR count). The number of carbonyl (C=O) groups is 1. The zero-order valence-corrected chi connectivity index (χ0v) is 21.4. The van der Waals surface area contributed by atoms with Gasteiger partial charge in [0.15, 0.2) is 5.13 Å². The summed E-state index contributed by atoms with van der Waals surface area (Å²) in [5.41, 5.74) is 4.51. The molecule has 0 spiro atoms. The molecule has 0 fully saturated rings. The van der Waals surface area contributed by atoms with Gasteiger partial charge in [0.1, 0.15) is 12.4 Å². The van der Waals surface area contributed by atoms with Gasteiger partial charge < -0.3 is 20.1 Å². The quantitative estimate of drug-likeness (QED) is 0.412. The average Bonchev–Trinajstić information content (AvgIpc) is 3.41. The Labute approximate surface area is 220 Å². The van der Waals surface area contributed by atoms with Crippen LogP contribution in [0.4, 0.5) is 29.7 Å². The maximum Gasteiger partial charge on any atom is 0.490 e. The number of para-hydroxylation sites is 1. The highest BCUT2D eigenvalue weighted by molar-refractivity contribution is 7.93. The largest absolute Gasteiger partial charge is 0.490 e. The number of fused-ring (bicyclic) bond motifs is 1. The number of nitrogens with one attached hydrogen (secondary N) is 2. The van der Waals surface area contributed by atoms with Gasteiger partial charge in [-0.05, 0) is 36.7 Å². The third-order valence-corrected chi connectivity index (χ3v) is 7.76. The second-order valence-electron chi connectivity index (χ2n) is 8.08. The van der Waals surface area contributed by atoms with Crippen molar-refractivity contribution in [2.75, 3.05) is 35.9 Å². The van der Waals surface area contributed by atoms with Crippen LogP contribution in [0.25, 0.3) is 5.57 Å². The molecular formula is C24H23F3N4O5S2. The van der Waals surface area contributed by atoms with Crippen LogP contribution in [-0.4, -0.2) is 56.9 Å². The normalized spacial score (nSPS) is 15.3. The number of nitrogens with zero attached hydrogens (tertiary/aromatic N) is 2. The molecule has 0 bridgehead atoms. The van der Waals surface area contributed by atoms with Crippen LogP contribution in [0.15, 0.2) is 65.0 Å². The molecule has 3 N–H and O–H groups in total. The Bertz CT molecular complexity index is 1430. The van der Waals surface area contributed by atoms with E-state index in [1.54, 1.807) is 23.7 Å². The van der Waals surface area contributed by atoms with Gasteiger partial charge in [0.05, 0.1) is 17.1 Å². The minimum atomic E-state index is -5.08. The van der Waals surface area contributed by atoms with Gasteiger partial charge in [0.25, 0.3) is 10.0 Å². The van der Waals surface area contributed by atoms with Crippen molar-refractivity contribution in [3.63, 3.8) is 0 Å². The molecule has 0 unspecified atom stereocenters. The van der Waals surface area contributed by atoms with E-state index >= 15 is 0 Å². The summed E-state index contributed by atoms with van der Waals surface area (Å²) in [6.07, 6.45) is -0.302. The maximum absolute atomic E-state index is 12.8. The van der Waals surface area contributed by atoms with Crippen molar-refractivity contribution in [1.29, 1.82) is 0 Å². The number of aliphatic carboxylic acids is 1. The summed E-state index contributed by atoms with van der Waals surface area (Å²) in [7, 11) is -3.74. The number of thiazole rings is 1. The minimum absolute atomic E-state index is 0.151. The van der Waals surface area contributed by atoms with Crippen LogP contribution >= 0.6 is 11.3 Å². The minimum Gasteiger partial charge on any atom is -0.489 e. The van der Waals surface area contributed by atoms with Gasteiger partial charge in [0.2, 0.25) is 0 Å². The van der Waals surface area contributed by atoms with Crippen LogP contribution in [0, 0.1) is 0 Å². The fraction of sp³-hybridized carbons (Fsp3) is 0.250. The maximum atomic E-state index is 12.8. The van der Waals surface area contributed by atoms with Crippen LogP contribution in [-0.2, 0) is 14.8 Å². The van der Waals surface area contributed by atoms with Gasteiger partial charge in [-0.2, -0.15) is 13.2 Å². The Morgan fingerprint density at radius 2 is 1.95 bits per heavy atom. The van der Waals surface area contributed by atoms with Crippen LogP contribution in [0.5, 0.6) is 5.75 Å². The molecule has 2 aliphatic rings. The summed E-state index contributed by atoms with van der Waals surface area (Å²) >= 11 is 1.24. The van der Waals surface area contributed by atoms with Crippen LogP contribution in [0.1, 0.15) is 12.0 Å². The number of hydrogen-bond donors (Lipinski definition) is 3. The predicted molar refractivity (Wildman–Crippen MR) is 137 cm³/mol. The molecule has 2 aliphatic heterocycles. The molecule has 202 valence electrons. The zero-order chi connectivity index (χ0) is 27.3. The molecule has 3 heterocycles. The lowest BCUT2D eigenvalue weighted by Gasteiger charge is -2.33. The number of benzene rings is 2. The molecule has 3 aromatic rings. The van der Waals surface area contributed by atoms with Gasteiger partial charge in [-0.3, -0.25) is 4.72 Å². The van der Waals surface area contributed by atoms with Crippen molar-refractivity contribution in [2.24, 2.45) is 0 Å². The molecule has 9 nitrogen and oxygen atoms in total. The summed E-state index contributed by atoms with van der Waals surface area (Å²) in [4.78, 5) is 15.3. The summed E-state index contributed by atoms with van der Waals surface area (Å²) in [6.45, 7) is 3.01. The van der Waals surface area contributed by atoms with Crippen LogP contribution in [0.3, 0.4) is 0 Å². The Kier molecular flexibility index (Phi) is 8.23. The van der Waals surface area contributed by atoms with E-state index in [1.165, 1.54) is 22.5 Å². The Morgan fingerprint density at radius 1 is 1.18 bits per heavy atom. The van der Waals surface area contributed by atoms with E-state index in [-0.39, 0.29) is 4.90 Å². The van der Waals surface area contributed by atoms with E-state index in [0.717, 1.165) is 30.9 Å². The van der Waals surface area contributed by atoms with Gasteiger partial charge in [-0.15, -0.1) is 11.3 Å². The first-order valence-electron chi connectivity index (χ1n) is 11.3. The van der Waals surface area contributed by atoms with Crippen molar-refractivity contribution in [3.05, 3.63) is 65.7 Å². The lowest BCUT2D eigenvalue weighted by molar-refractivity contribution is -0.192. The highest BCUT2D eigenvalue weighted by Gasteiger charge is 2.38. The number of aromatic nitrogens is 1. The van der Waals surface area contributed by atoms with Crippen molar-refractivity contribution < 1.29 is 36.2 Å². The SMILES string of the molecule is O=C(O)C(F)(F)F.O=S(=O)(Nc1nccs1)c1ccc2c(c1)OCCN2c1ccccc1C1=CCNCC1. The van der Waals surface area contributed by atoms with E-state index in [1.807, 2.05) is 12.1 Å². The monoisotopic (exact) mass is 568 g/mol. The molecule has 0 aliphatic carbocycles. The van der Waals surface area contributed by atoms with E-state index < -0.39 is 22.2 Å². The highest BCUT2D eigenvalue weighted by Crippen LogP contribution is 2.41. The van der Waals surface area contributed by atoms with Crippen molar-refractivity contribution in [2.45, 2.75) is 17.5 Å². The number of hydrogen-bond acceptors (Lipinski definition) is 8. The van der Waals surface area contributed by atoms with Gasteiger partial charge in [0, 0.05) is 35.4 Å². The van der Waals surface area contributed by atoms with Crippen LogP contribution < -0.4 is 19.7 Å². The molecule has 0 saturated heterocycles. The summed E-state index contributed by atoms with van der Waals surface area (Å²) < 4.78 is 65.7. The number of ether oxygens (including phenoxy) is 1. The topological polar surface area (TPSA) is 121 Å². The molecular weight excluding hydrogens is 545 g/mol. The summed E-state index contributed by atoms with van der Waals surface area (Å²) in [5.74, 6) is -2.20. The molecule has 38 heavy (non-hydrogen) atoms.